The van der Waals surface area contributed by atoms with Crippen LogP contribution in [-0.4, -0.2) is 12.5 Å². The second-order valence-corrected chi connectivity index (χ2v) is 5.63. The Labute approximate surface area is 131 Å². The van der Waals surface area contributed by atoms with E-state index < -0.39 is 0 Å². The van der Waals surface area contributed by atoms with E-state index in [0.717, 1.165) is 15.7 Å². The van der Waals surface area contributed by atoms with Gasteiger partial charge in [0.1, 0.15) is 5.82 Å². The number of nitrogens with one attached hydrogen (secondary N) is 2. The van der Waals surface area contributed by atoms with Gasteiger partial charge in [0.25, 0.3) is 0 Å². The van der Waals surface area contributed by atoms with Crippen LogP contribution in [0.1, 0.15) is 18.5 Å². The molecule has 5 heteroatoms. The van der Waals surface area contributed by atoms with E-state index in [1.807, 2.05) is 31.2 Å². The summed E-state index contributed by atoms with van der Waals surface area (Å²) >= 11 is 3.35. The molecular formula is C16H16BrFN2O. The van der Waals surface area contributed by atoms with Crippen LogP contribution >= 0.6 is 15.9 Å². The van der Waals surface area contributed by atoms with E-state index in [1.54, 1.807) is 12.1 Å². The summed E-state index contributed by atoms with van der Waals surface area (Å²) in [6.45, 7) is 2.12. The fourth-order valence-corrected chi connectivity index (χ4v) is 2.29. The molecule has 2 rings (SSSR count). The highest BCUT2D eigenvalue weighted by Crippen LogP contribution is 2.16. The smallest absolute Gasteiger partial charge is 0.238 e. The van der Waals surface area contributed by atoms with Crippen molar-refractivity contribution in [3.63, 3.8) is 0 Å². The maximum atomic E-state index is 12.9. The number of anilines is 1. The van der Waals surface area contributed by atoms with Crippen molar-refractivity contribution < 1.29 is 9.18 Å². The van der Waals surface area contributed by atoms with Gasteiger partial charge in [-0.2, -0.15) is 0 Å². The zero-order valence-electron chi connectivity index (χ0n) is 11.6. The van der Waals surface area contributed by atoms with Gasteiger partial charge in [0.05, 0.1) is 6.54 Å². The summed E-state index contributed by atoms with van der Waals surface area (Å²) in [5.74, 6) is -0.389. The van der Waals surface area contributed by atoms with E-state index in [1.165, 1.54) is 12.1 Å². The Balaban J connectivity index is 1.84. The molecule has 2 N–H and O–H groups in total. The van der Waals surface area contributed by atoms with E-state index >= 15 is 0 Å². The fraction of sp³-hybridized carbons (Fsp3) is 0.188. The first kappa shape index (κ1) is 15.7. The number of hydrogen-bond donors (Lipinski definition) is 2. The van der Waals surface area contributed by atoms with Crippen molar-refractivity contribution in [2.24, 2.45) is 0 Å². The van der Waals surface area contributed by atoms with E-state index in [0.29, 0.717) is 0 Å². The second kappa shape index (κ2) is 7.33. The van der Waals surface area contributed by atoms with Crippen LogP contribution in [0.3, 0.4) is 0 Å². The molecule has 0 aliphatic rings. The molecule has 0 radical (unpaired) electrons. The lowest BCUT2D eigenvalue weighted by atomic mass is 10.1. The summed E-state index contributed by atoms with van der Waals surface area (Å²) in [7, 11) is 0. The Bertz CT molecular complexity index is 616. The summed E-state index contributed by atoms with van der Waals surface area (Å²) in [5, 5.41) is 5.91. The minimum Gasteiger partial charge on any atom is -0.325 e. The van der Waals surface area contributed by atoms with Gasteiger partial charge in [0.2, 0.25) is 5.91 Å². The second-order valence-electron chi connectivity index (χ2n) is 4.71. The molecule has 3 nitrogen and oxygen atoms in total. The molecule has 110 valence electrons. The summed E-state index contributed by atoms with van der Waals surface area (Å²) in [6, 6.07) is 13.6. The number of amides is 1. The van der Waals surface area contributed by atoms with Crippen LogP contribution in [-0.2, 0) is 4.79 Å². The van der Waals surface area contributed by atoms with Crippen LogP contribution in [0, 0.1) is 5.82 Å². The zero-order chi connectivity index (χ0) is 15.2. The highest BCUT2D eigenvalue weighted by molar-refractivity contribution is 9.10. The Morgan fingerprint density at radius 1 is 1.24 bits per heavy atom. The third-order valence-electron chi connectivity index (χ3n) is 3.05. The first-order valence-corrected chi connectivity index (χ1v) is 7.38. The minimum absolute atomic E-state index is 0.0288. The first-order chi connectivity index (χ1) is 10.0. The zero-order valence-corrected chi connectivity index (χ0v) is 13.2. The monoisotopic (exact) mass is 350 g/mol. The SMILES string of the molecule is C[C@@H](NCC(=O)Nc1cccc(Br)c1)c1ccc(F)cc1. The fourth-order valence-electron chi connectivity index (χ4n) is 1.89. The molecule has 0 aliphatic carbocycles. The summed E-state index contributed by atoms with van der Waals surface area (Å²) in [4.78, 5) is 11.9. The van der Waals surface area contributed by atoms with Crippen LogP contribution in [0.5, 0.6) is 0 Å². The predicted molar refractivity (Wildman–Crippen MR) is 85.6 cm³/mol. The number of carbonyl (C=O) groups excluding carboxylic acids is 1. The molecule has 2 aromatic carbocycles. The molecule has 0 aliphatic heterocycles. The molecular weight excluding hydrogens is 335 g/mol. The molecule has 0 saturated carbocycles. The van der Waals surface area contributed by atoms with Gasteiger partial charge in [-0.15, -0.1) is 0 Å². The average Bonchev–Trinajstić information content (AvgIpc) is 2.45. The topological polar surface area (TPSA) is 41.1 Å². The average molecular weight is 351 g/mol. The van der Waals surface area contributed by atoms with Crippen molar-refractivity contribution in [3.05, 3.63) is 64.4 Å². The van der Waals surface area contributed by atoms with Gasteiger partial charge in [0.15, 0.2) is 0 Å². The van der Waals surface area contributed by atoms with Crippen LogP contribution < -0.4 is 10.6 Å². The highest BCUT2D eigenvalue weighted by atomic mass is 79.9. The maximum absolute atomic E-state index is 12.9. The number of rotatable bonds is 5. The molecule has 0 aromatic heterocycles. The van der Waals surface area contributed by atoms with Crippen LogP contribution in [0.2, 0.25) is 0 Å². The van der Waals surface area contributed by atoms with Crippen molar-refractivity contribution in [1.29, 1.82) is 0 Å². The largest absolute Gasteiger partial charge is 0.325 e. The molecule has 0 saturated heterocycles. The molecule has 2 aromatic rings. The van der Waals surface area contributed by atoms with Crippen molar-refractivity contribution in [2.45, 2.75) is 13.0 Å². The quantitative estimate of drug-likeness (QED) is 0.859. The molecule has 1 amide bonds. The highest BCUT2D eigenvalue weighted by Gasteiger charge is 2.08. The maximum Gasteiger partial charge on any atom is 0.238 e. The molecule has 1 atom stereocenters. The van der Waals surface area contributed by atoms with Gasteiger partial charge in [-0.3, -0.25) is 4.79 Å². The third kappa shape index (κ3) is 4.95. The van der Waals surface area contributed by atoms with E-state index in [4.69, 9.17) is 0 Å². The Morgan fingerprint density at radius 2 is 1.95 bits per heavy atom. The van der Waals surface area contributed by atoms with Gasteiger partial charge in [-0.1, -0.05) is 34.1 Å². The van der Waals surface area contributed by atoms with Crippen molar-refractivity contribution in [1.82, 2.24) is 5.32 Å². The summed E-state index contributed by atoms with van der Waals surface area (Å²) in [5.41, 5.74) is 1.68. The predicted octanol–water partition coefficient (Wildman–Crippen LogP) is 3.88. The summed E-state index contributed by atoms with van der Waals surface area (Å²) < 4.78 is 13.8. The molecule has 0 spiro atoms. The van der Waals surface area contributed by atoms with E-state index in [2.05, 4.69) is 26.6 Å². The van der Waals surface area contributed by atoms with Gasteiger partial charge in [-0.05, 0) is 42.8 Å². The number of halogens is 2. The van der Waals surface area contributed by atoms with Crippen molar-refractivity contribution in [2.75, 3.05) is 11.9 Å². The Morgan fingerprint density at radius 3 is 2.62 bits per heavy atom. The lowest BCUT2D eigenvalue weighted by Crippen LogP contribution is -2.30. The molecule has 21 heavy (non-hydrogen) atoms. The lowest BCUT2D eigenvalue weighted by Gasteiger charge is -2.14. The van der Waals surface area contributed by atoms with E-state index in [-0.39, 0.29) is 24.3 Å². The van der Waals surface area contributed by atoms with Gasteiger partial charge in [0, 0.05) is 16.2 Å². The lowest BCUT2D eigenvalue weighted by molar-refractivity contribution is -0.115. The van der Waals surface area contributed by atoms with Crippen LogP contribution in [0.25, 0.3) is 0 Å². The number of benzene rings is 2. The normalized spacial score (nSPS) is 12.0. The van der Waals surface area contributed by atoms with Gasteiger partial charge in [-0.25, -0.2) is 4.39 Å². The van der Waals surface area contributed by atoms with Crippen LogP contribution in [0.4, 0.5) is 10.1 Å². The van der Waals surface area contributed by atoms with Crippen molar-refractivity contribution in [3.8, 4) is 0 Å². The van der Waals surface area contributed by atoms with Crippen molar-refractivity contribution >= 4 is 27.5 Å². The van der Waals surface area contributed by atoms with E-state index in [9.17, 15) is 9.18 Å². The molecule has 0 fully saturated rings. The first-order valence-electron chi connectivity index (χ1n) is 6.59. The molecule has 0 heterocycles. The van der Waals surface area contributed by atoms with Gasteiger partial charge < -0.3 is 10.6 Å². The van der Waals surface area contributed by atoms with Crippen LogP contribution in [0.15, 0.2) is 53.0 Å². The molecule has 0 unspecified atom stereocenters. The van der Waals surface area contributed by atoms with Gasteiger partial charge >= 0.3 is 0 Å². The Hall–Kier alpha value is -1.72. The standard InChI is InChI=1S/C16H16BrFN2O/c1-11(12-5-7-14(18)8-6-12)19-10-16(21)20-15-4-2-3-13(17)9-15/h2-9,11,19H,10H2,1H3,(H,20,21)/t11-/m1/s1. The number of hydrogen-bond acceptors (Lipinski definition) is 2. The Kier molecular flexibility index (Phi) is 5.47. The minimum atomic E-state index is -0.265. The number of carbonyl (C=O) groups is 1. The molecule has 0 bridgehead atoms. The summed E-state index contributed by atoms with van der Waals surface area (Å²) in [6.07, 6.45) is 0. The third-order valence-corrected chi connectivity index (χ3v) is 3.54.